The molecule has 0 saturated heterocycles. The molecule has 1 aromatic rings. The lowest BCUT2D eigenvalue weighted by atomic mass is 9.93. The standard InChI is InChI=1S/C24H40O2S/c1-3-4-5-6-7-8-9-10-11-12-13-14-15-23(24(25)26-27)20-22-18-16-21(2)17-19-22/h16-19,23,27H,3-15,20H2,1-2H3. The number of benzene rings is 1. The van der Waals surface area contributed by atoms with Crippen LogP contribution in [0, 0.1) is 12.8 Å². The van der Waals surface area contributed by atoms with Gasteiger partial charge in [0, 0.05) is 12.9 Å². The van der Waals surface area contributed by atoms with Crippen LogP contribution in [0.5, 0.6) is 0 Å². The molecular formula is C24H40O2S. The monoisotopic (exact) mass is 392 g/mol. The summed E-state index contributed by atoms with van der Waals surface area (Å²) in [6.07, 6.45) is 17.7. The molecule has 0 heterocycles. The zero-order valence-corrected chi connectivity index (χ0v) is 18.4. The quantitative estimate of drug-likeness (QED) is 0.178. The topological polar surface area (TPSA) is 26.3 Å². The van der Waals surface area contributed by atoms with Crippen LogP contribution in [-0.4, -0.2) is 5.97 Å². The van der Waals surface area contributed by atoms with Gasteiger partial charge in [-0.3, -0.25) is 4.79 Å². The number of carbonyl (C=O) groups excluding carboxylic acids is 1. The molecule has 0 N–H and O–H groups in total. The third kappa shape index (κ3) is 12.2. The van der Waals surface area contributed by atoms with Gasteiger partial charge in [0.05, 0.1) is 5.92 Å². The maximum atomic E-state index is 12.0. The summed E-state index contributed by atoms with van der Waals surface area (Å²) in [7, 11) is 0. The van der Waals surface area contributed by atoms with E-state index in [1.165, 1.54) is 81.8 Å². The van der Waals surface area contributed by atoms with Crippen LogP contribution in [0.1, 0.15) is 102 Å². The Kier molecular flexibility index (Phi) is 14.3. The first kappa shape index (κ1) is 24.1. The third-order valence-electron chi connectivity index (χ3n) is 5.43. The smallest absolute Gasteiger partial charge is 0.321 e. The van der Waals surface area contributed by atoms with Gasteiger partial charge < -0.3 is 4.18 Å². The summed E-state index contributed by atoms with van der Waals surface area (Å²) in [6.45, 7) is 4.35. The van der Waals surface area contributed by atoms with Crippen molar-refractivity contribution in [1.82, 2.24) is 0 Å². The normalized spacial score (nSPS) is 12.1. The van der Waals surface area contributed by atoms with Crippen molar-refractivity contribution in [3.8, 4) is 0 Å². The molecule has 154 valence electrons. The minimum absolute atomic E-state index is 0.0756. The molecule has 0 spiro atoms. The minimum atomic E-state index is -0.193. The minimum Gasteiger partial charge on any atom is -0.394 e. The number of thiol groups is 1. The van der Waals surface area contributed by atoms with Gasteiger partial charge in [0.25, 0.3) is 0 Å². The first-order valence-corrected chi connectivity index (χ1v) is 11.4. The summed E-state index contributed by atoms with van der Waals surface area (Å²) < 4.78 is 4.72. The number of hydrogen-bond acceptors (Lipinski definition) is 3. The predicted octanol–water partition coefficient (Wildman–Crippen LogP) is 7.63. The fraction of sp³-hybridized carbons (Fsp3) is 0.708. The molecule has 1 atom stereocenters. The number of hydrogen-bond donors (Lipinski definition) is 1. The van der Waals surface area contributed by atoms with Crippen LogP contribution in [0.3, 0.4) is 0 Å². The van der Waals surface area contributed by atoms with Gasteiger partial charge in [-0.2, -0.15) is 0 Å². The van der Waals surface area contributed by atoms with Gasteiger partial charge in [0.15, 0.2) is 0 Å². The molecule has 0 fully saturated rings. The van der Waals surface area contributed by atoms with E-state index >= 15 is 0 Å². The number of rotatable bonds is 16. The first-order chi connectivity index (χ1) is 13.2. The van der Waals surface area contributed by atoms with Gasteiger partial charge in [-0.25, -0.2) is 0 Å². The Bertz CT molecular complexity index is 484. The zero-order chi connectivity index (χ0) is 19.7. The second-order valence-corrected chi connectivity index (χ2v) is 8.16. The van der Waals surface area contributed by atoms with E-state index in [9.17, 15) is 4.79 Å². The van der Waals surface area contributed by atoms with E-state index in [2.05, 4.69) is 51.0 Å². The van der Waals surface area contributed by atoms with Crippen molar-refractivity contribution in [3.05, 3.63) is 35.4 Å². The molecule has 27 heavy (non-hydrogen) atoms. The molecule has 0 aromatic heterocycles. The number of aryl methyl sites for hydroxylation is 1. The van der Waals surface area contributed by atoms with E-state index in [0.29, 0.717) is 0 Å². The molecule has 1 rings (SSSR count). The van der Waals surface area contributed by atoms with E-state index in [1.807, 2.05) is 0 Å². The zero-order valence-electron chi connectivity index (χ0n) is 17.5. The van der Waals surface area contributed by atoms with Gasteiger partial charge >= 0.3 is 5.97 Å². The fourth-order valence-corrected chi connectivity index (χ4v) is 3.77. The molecule has 0 saturated carbocycles. The average molecular weight is 393 g/mol. The van der Waals surface area contributed by atoms with Crippen molar-refractivity contribution in [1.29, 1.82) is 0 Å². The van der Waals surface area contributed by atoms with E-state index in [-0.39, 0.29) is 11.9 Å². The van der Waals surface area contributed by atoms with Crippen LogP contribution in [0.15, 0.2) is 24.3 Å². The molecule has 0 aliphatic rings. The predicted molar refractivity (Wildman–Crippen MR) is 119 cm³/mol. The van der Waals surface area contributed by atoms with Crippen LogP contribution in [-0.2, 0) is 15.4 Å². The molecule has 1 aromatic carbocycles. The lowest BCUT2D eigenvalue weighted by Crippen LogP contribution is -2.17. The number of carbonyl (C=O) groups is 1. The highest BCUT2D eigenvalue weighted by Crippen LogP contribution is 2.20. The lowest BCUT2D eigenvalue weighted by Gasteiger charge is -2.14. The second-order valence-electron chi connectivity index (χ2n) is 7.97. The maximum Gasteiger partial charge on any atom is 0.321 e. The largest absolute Gasteiger partial charge is 0.394 e. The molecule has 3 heteroatoms. The van der Waals surface area contributed by atoms with Crippen molar-refractivity contribution >= 4 is 18.9 Å². The van der Waals surface area contributed by atoms with Gasteiger partial charge in [0.2, 0.25) is 0 Å². The molecular weight excluding hydrogens is 352 g/mol. The molecule has 2 nitrogen and oxygen atoms in total. The average Bonchev–Trinajstić information content (AvgIpc) is 2.68. The molecule has 0 amide bonds. The molecule has 0 aliphatic carbocycles. The SMILES string of the molecule is CCCCCCCCCCCCCCC(Cc1ccc(C)cc1)C(=O)OS. The Morgan fingerprint density at radius 1 is 0.852 bits per heavy atom. The summed E-state index contributed by atoms with van der Waals surface area (Å²) in [6, 6.07) is 8.41. The Balaban J connectivity index is 2.10. The maximum absolute atomic E-state index is 12.0. The molecule has 0 aliphatic heterocycles. The van der Waals surface area contributed by atoms with E-state index in [1.54, 1.807) is 0 Å². The van der Waals surface area contributed by atoms with Crippen molar-refractivity contribution in [2.45, 2.75) is 104 Å². The third-order valence-corrected chi connectivity index (χ3v) is 5.61. The number of unbranched alkanes of at least 4 members (excludes halogenated alkanes) is 11. The highest BCUT2D eigenvalue weighted by atomic mass is 32.1. The van der Waals surface area contributed by atoms with Gasteiger partial charge in [0.1, 0.15) is 0 Å². The van der Waals surface area contributed by atoms with Crippen LogP contribution < -0.4 is 0 Å². The second kappa shape index (κ2) is 16.0. The van der Waals surface area contributed by atoms with Crippen LogP contribution in [0.2, 0.25) is 0 Å². The van der Waals surface area contributed by atoms with Crippen molar-refractivity contribution in [3.63, 3.8) is 0 Å². The lowest BCUT2D eigenvalue weighted by molar-refractivity contribution is -0.137. The molecule has 0 radical (unpaired) electrons. The Morgan fingerprint density at radius 2 is 1.33 bits per heavy atom. The van der Waals surface area contributed by atoms with Gasteiger partial charge in [-0.1, -0.05) is 114 Å². The van der Waals surface area contributed by atoms with Crippen LogP contribution in [0.4, 0.5) is 0 Å². The molecule has 1 unspecified atom stereocenters. The van der Waals surface area contributed by atoms with E-state index in [4.69, 9.17) is 4.18 Å². The van der Waals surface area contributed by atoms with Crippen molar-refractivity contribution < 1.29 is 8.98 Å². The van der Waals surface area contributed by atoms with Crippen molar-refractivity contribution in [2.24, 2.45) is 5.92 Å². The van der Waals surface area contributed by atoms with Crippen LogP contribution >= 0.6 is 12.9 Å². The summed E-state index contributed by atoms with van der Waals surface area (Å²) in [4.78, 5) is 12.0. The summed E-state index contributed by atoms with van der Waals surface area (Å²) in [5.41, 5.74) is 2.44. The van der Waals surface area contributed by atoms with Crippen LogP contribution in [0.25, 0.3) is 0 Å². The van der Waals surface area contributed by atoms with E-state index < -0.39 is 0 Å². The van der Waals surface area contributed by atoms with E-state index in [0.717, 1.165) is 19.3 Å². The fourth-order valence-electron chi connectivity index (χ4n) is 3.62. The van der Waals surface area contributed by atoms with Gasteiger partial charge in [-0.05, 0) is 25.3 Å². The van der Waals surface area contributed by atoms with Crippen molar-refractivity contribution in [2.75, 3.05) is 0 Å². The Hall–Kier alpha value is -0.960. The van der Waals surface area contributed by atoms with Gasteiger partial charge in [-0.15, -0.1) is 0 Å². The highest BCUT2D eigenvalue weighted by molar-refractivity contribution is 7.75. The summed E-state index contributed by atoms with van der Waals surface area (Å²) >= 11 is 3.73. The summed E-state index contributed by atoms with van der Waals surface area (Å²) in [5, 5.41) is 0. The molecule has 0 bridgehead atoms. The Labute approximate surface area is 173 Å². The first-order valence-electron chi connectivity index (χ1n) is 11.1. The Morgan fingerprint density at radius 3 is 1.81 bits per heavy atom. The summed E-state index contributed by atoms with van der Waals surface area (Å²) in [5.74, 6) is -0.268. The highest BCUT2D eigenvalue weighted by Gasteiger charge is 2.19.